The molecular formula is C13H19FN2. The monoisotopic (exact) mass is 222 g/mol. The summed E-state index contributed by atoms with van der Waals surface area (Å²) in [5.74, 6) is -0.200. The minimum absolute atomic E-state index is 0.200. The van der Waals surface area contributed by atoms with Crippen molar-refractivity contribution in [3.8, 4) is 0 Å². The van der Waals surface area contributed by atoms with Gasteiger partial charge in [0.2, 0.25) is 0 Å². The van der Waals surface area contributed by atoms with Crippen molar-refractivity contribution in [3.05, 3.63) is 29.6 Å². The molecule has 1 aliphatic heterocycles. The van der Waals surface area contributed by atoms with E-state index in [9.17, 15) is 4.39 Å². The molecule has 0 saturated carbocycles. The number of rotatable bonds is 2. The molecule has 0 aromatic heterocycles. The highest BCUT2D eigenvalue weighted by Crippen LogP contribution is 2.22. The van der Waals surface area contributed by atoms with Gasteiger partial charge in [-0.1, -0.05) is 6.42 Å². The number of benzene rings is 1. The van der Waals surface area contributed by atoms with Gasteiger partial charge in [-0.15, -0.1) is 0 Å². The normalized spacial score (nSPS) is 22.2. The summed E-state index contributed by atoms with van der Waals surface area (Å²) in [6.45, 7) is 4.09. The second-order valence-electron chi connectivity index (χ2n) is 4.66. The highest BCUT2D eigenvalue weighted by atomic mass is 19.1. The van der Waals surface area contributed by atoms with Crippen LogP contribution in [0.15, 0.2) is 18.2 Å². The van der Waals surface area contributed by atoms with Gasteiger partial charge in [0.05, 0.1) is 0 Å². The summed E-state index contributed by atoms with van der Waals surface area (Å²) in [6, 6.07) is 5.20. The summed E-state index contributed by atoms with van der Waals surface area (Å²) in [5.41, 5.74) is 7.46. The van der Waals surface area contributed by atoms with E-state index in [1.165, 1.54) is 25.3 Å². The van der Waals surface area contributed by atoms with Crippen LogP contribution in [0.4, 0.5) is 10.1 Å². The summed E-state index contributed by atoms with van der Waals surface area (Å²) in [6.07, 6.45) is 3.77. The van der Waals surface area contributed by atoms with E-state index in [-0.39, 0.29) is 5.82 Å². The fourth-order valence-electron chi connectivity index (χ4n) is 2.32. The molecule has 2 rings (SSSR count). The van der Waals surface area contributed by atoms with Crippen molar-refractivity contribution in [2.45, 2.75) is 38.8 Å². The first-order valence-corrected chi connectivity index (χ1v) is 5.95. The lowest BCUT2D eigenvalue weighted by Crippen LogP contribution is -2.36. The Labute approximate surface area is 96.2 Å². The Bertz CT molecular complexity index is 365. The molecule has 1 heterocycles. The number of nitrogen functional groups attached to an aromatic ring is 1. The molecule has 0 amide bonds. The van der Waals surface area contributed by atoms with Gasteiger partial charge in [-0.2, -0.15) is 0 Å². The van der Waals surface area contributed by atoms with Gasteiger partial charge in [0.15, 0.2) is 0 Å². The first-order chi connectivity index (χ1) is 7.66. The molecule has 1 aromatic carbocycles. The Balaban J connectivity index is 2.10. The minimum atomic E-state index is -0.200. The second-order valence-corrected chi connectivity index (χ2v) is 4.66. The molecular weight excluding hydrogens is 203 g/mol. The van der Waals surface area contributed by atoms with Crippen molar-refractivity contribution in [2.24, 2.45) is 0 Å². The maximum Gasteiger partial charge on any atom is 0.123 e. The molecule has 2 N–H and O–H groups in total. The number of hydrogen-bond acceptors (Lipinski definition) is 2. The molecule has 0 aliphatic carbocycles. The Kier molecular flexibility index (Phi) is 3.44. The van der Waals surface area contributed by atoms with Gasteiger partial charge >= 0.3 is 0 Å². The van der Waals surface area contributed by atoms with Crippen molar-refractivity contribution in [1.29, 1.82) is 0 Å². The summed E-state index contributed by atoms with van der Waals surface area (Å²) in [7, 11) is 0. The first-order valence-electron chi connectivity index (χ1n) is 5.95. The molecule has 0 bridgehead atoms. The number of anilines is 1. The summed E-state index contributed by atoms with van der Waals surface area (Å²) in [4.78, 5) is 2.38. The number of halogens is 1. The molecule has 0 spiro atoms. The van der Waals surface area contributed by atoms with Crippen LogP contribution in [0.1, 0.15) is 31.7 Å². The van der Waals surface area contributed by atoms with Crippen LogP contribution < -0.4 is 5.73 Å². The molecule has 3 heteroatoms. The van der Waals surface area contributed by atoms with Gasteiger partial charge < -0.3 is 5.73 Å². The van der Waals surface area contributed by atoms with Crippen molar-refractivity contribution >= 4 is 5.69 Å². The van der Waals surface area contributed by atoms with E-state index in [1.54, 1.807) is 12.1 Å². The third kappa shape index (κ3) is 2.53. The van der Waals surface area contributed by atoms with Gasteiger partial charge in [0.1, 0.15) is 5.82 Å². The van der Waals surface area contributed by atoms with E-state index in [2.05, 4.69) is 11.8 Å². The fourth-order valence-corrected chi connectivity index (χ4v) is 2.32. The lowest BCUT2D eigenvalue weighted by atomic mass is 10.0. The van der Waals surface area contributed by atoms with Crippen molar-refractivity contribution in [3.63, 3.8) is 0 Å². The van der Waals surface area contributed by atoms with Crippen LogP contribution in [0.2, 0.25) is 0 Å². The minimum Gasteiger partial charge on any atom is -0.398 e. The maximum atomic E-state index is 13.1. The number of nitrogens with zero attached hydrogens (tertiary/aromatic N) is 1. The number of piperidine rings is 1. The van der Waals surface area contributed by atoms with E-state index < -0.39 is 0 Å². The van der Waals surface area contributed by atoms with Crippen molar-refractivity contribution < 1.29 is 4.39 Å². The van der Waals surface area contributed by atoms with Crippen LogP contribution in [0.3, 0.4) is 0 Å². The Hall–Kier alpha value is -1.09. The molecule has 1 aliphatic rings. The molecule has 2 nitrogen and oxygen atoms in total. The summed E-state index contributed by atoms with van der Waals surface area (Å²) >= 11 is 0. The van der Waals surface area contributed by atoms with Crippen LogP contribution in [-0.2, 0) is 6.54 Å². The molecule has 1 fully saturated rings. The second kappa shape index (κ2) is 4.83. The zero-order valence-corrected chi connectivity index (χ0v) is 9.75. The quantitative estimate of drug-likeness (QED) is 0.780. The lowest BCUT2D eigenvalue weighted by Gasteiger charge is -2.33. The van der Waals surface area contributed by atoms with Crippen LogP contribution >= 0.6 is 0 Å². The van der Waals surface area contributed by atoms with Crippen LogP contribution in [0, 0.1) is 5.82 Å². The van der Waals surface area contributed by atoms with E-state index in [1.807, 2.05) is 0 Å². The number of likely N-dealkylation sites (tertiary alicyclic amines) is 1. The van der Waals surface area contributed by atoms with Gasteiger partial charge in [-0.05, 0) is 50.1 Å². The molecule has 0 unspecified atom stereocenters. The lowest BCUT2D eigenvalue weighted by molar-refractivity contribution is 0.153. The highest BCUT2D eigenvalue weighted by Gasteiger charge is 2.18. The molecule has 1 saturated heterocycles. The standard InChI is InChI=1S/C13H19FN2/c1-10-4-2-3-7-16(10)9-11-8-12(14)5-6-13(11)15/h5-6,8,10H,2-4,7,9,15H2,1H3/t10-/m0/s1. The Morgan fingerprint density at radius 3 is 3.00 bits per heavy atom. The molecule has 1 atom stereocenters. The first kappa shape index (κ1) is 11.4. The zero-order chi connectivity index (χ0) is 11.5. The van der Waals surface area contributed by atoms with Crippen molar-refractivity contribution in [2.75, 3.05) is 12.3 Å². The highest BCUT2D eigenvalue weighted by molar-refractivity contribution is 5.46. The van der Waals surface area contributed by atoms with E-state index in [0.29, 0.717) is 11.7 Å². The average Bonchev–Trinajstić information content (AvgIpc) is 2.27. The molecule has 1 aromatic rings. The van der Waals surface area contributed by atoms with E-state index in [0.717, 1.165) is 18.7 Å². The predicted molar refractivity (Wildman–Crippen MR) is 64.5 cm³/mol. The van der Waals surface area contributed by atoms with E-state index in [4.69, 9.17) is 5.73 Å². The summed E-state index contributed by atoms with van der Waals surface area (Å²) in [5, 5.41) is 0. The third-order valence-corrected chi connectivity index (χ3v) is 3.42. The largest absolute Gasteiger partial charge is 0.398 e. The SMILES string of the molecule is C[C@H]1CCCCN1Cc1cc(F)ccc1N. The van der Waals surface area contributed by atoms with Crippen LogP contribution in [0.5, 0.6) is 0 Å². The maximum absolute atomic E-state index is 13.1. The smallest absolute Gasteiger partial charge is 0.123 e. The van der Waals surface area contributed by atoms with E-state index >= 15 is 0 Å². The number of hydrogen-bond donors (Lipinski definition) is 1. The van der Waals surface area contributed by atoms with Gasteiger partial charge in [-0.25, -0.2) is 4.39 Å². The number of nitrogens with two attached hydrogens (primary N) is 1. The Morgan fingerprint density at radius 1 is 1.44 bits per heavy atom. The molecule has 0 radical (unpaired) electrons. The molecule has 16 heavy (non-hydrogen) atoms. The van der Waals surface area contributed by atoms with Crippen molar-refractivity contribution in [1.82, 2.24) is 4.90 Å². The van der Waals surface area contributed by atoms with Gasteiger partial charge in [-0.3, -0.25) is 4.90 Å². The third-order valence-electron chi connectivity index (χ3n) is 3.42. The summed E-state index contributed by atoms with van der Waals surface area (Å²) < 4.78 is 13.1. The topological polar surface area (TPSA) is 29.3 Å². The van der Waals surface area contributed by atoms with Gasteiger partial charge in [0, 0.05) is 18.3 Å². The average molecular weight is 222 g/mol. The Morgan fingerprint density at radius 2 is 2.25 bits per heavy atom. The fraction of sp³-hybridized carbons (Fsp3) is 0.538. The zero-order valence-electron chi connectivity index (χ0n) is 9.75. The van der Waals surface area contributed by atoms with Crippen LogP contribution in [-0.4, -0.2) is 17.5 Å². The molecule has 88 valence electrons. The van der Waals surface area contributed by atoms with Gasteiger partial charge in [0.25, 0.3) is 0 Å². The van der Waals surface area contributed by atoms with Crippen LogP contribution in [0.25, 0.3) is 0 Å². The predicted octanol–water partition coefficient (Wildman–Crippen LogP) is 2.78.